The van der Waals surface area contributed by atoms with Crippen LogP contribution >= 0.6 is 0 Å². The molecule has 0 aromatic carbocycles. The molecule has 0 spiro atoms. The van der Waals surface area contributed by atoms with Crippen molar-refractivity contribution in [3.05, 3.63) is 4.25 Å². The first-order chi connectivity index (χ1) is 11.6. The fourth-order valence-corrected chi connectivity index (χ4v) is 2.29. The Morgan fingerprint density at radius 2 is 1.24 bits per heavy atom. The highest BCUT2D eigenvalue weighted by Gasteiger charge is 2.54. The highest BCUT2D eigenvalue weighted by Crippen LogP contribution is 2.29. The summed E-state index contributed by atoms with van der Waals surface area (Å²) in [6.45, 7) is 4.42. The summed E-state index contributed by atoms with van der Waals surface area (Å²) in [6.07, 6.45) is -6.66. The highest BCUT2D eigenvalue weighted by atomic mass is 32.1. The lowest BCUT2D eigenvalue weighted by molar-refractivity contribution is -0.286. The van der Waals surface area contributed by atoms with Crippen LogP contribution in [0.4, 0.5) is 0 Å². The lowest BCUT2D eigenvalue weighted by atomic mass is 9.98. The van der Waals surface area contributed by atoms with E-state index in [0.29, 0.717) is 0 Å². The van der Waals surface area contributed by atoms with Gasteiger partial charge in [0.1, 0.15) is 0 Å². The minimum absolute atomic E-state index is 0.727. The van der Waals surface area contributed by atoms with Crippen LogP contribution in [-0.4, -0.2) is 54.6 Å². The largest absolute Gasteiger partial charge is 0.454 e. The molecule has 1 heterocycles. The summed E-state index contributed by atoms with van der Waals surface area (Å²) in [4.78, 5) is 45.5. The minimum Gasteiger partial charge on any atom is -0.454 e. The van der Waals surface area contributed by atoms with Gasteiger partial charge in [-0.2, -0.15) is 4.25 Å². The first kappa shape index (κ1) is 20.6. The predicted octanol–water partition coefficient (Wildman–Crippen LogP) is -0.136. The molecule has 11 heteroatoms. The number of rotatable bonds is 4. The number of hydrogen-bond donors (Lipinski definition) is 0. The van der Waals surface area contributed by atoms with Crippen molar-refractivity contribution in [3.8, 4) is 6.07 Å². The van der Waals surface area contributed by atoms with Gasteiger partial charge in [-0.25, -0.2) is 0 Å². The van der Waals surface area contributed by atoms with Crippen LogP contribution in [0.3, 0.4) is 0 Å². The van der Waals surface area contributed by atoms with Crippen LogP contribution in [-0.2, 0) is 55.7 Å². The van der Waals surface area contributed by atoms with E-state index in [0.717, 1.165) is 27.7 Å². The van der Waals surface area contributed by atoms with Crippen molar-refractivity contribution in [1.29, 1.82) is 0 Å². The third-order valence-electron chi connectivity index (χ3n) is 2.86. The van der Waals surface area contributed by atoms with E-state index in [4.69, 9.17) is 23.7 Å². The second-order valence-electron chi connectivity index (χ2n) is 4.98. The van der Waals surface area contributed by atoms with Gasteiger partial charge in [0.25, 0.3) is 6.07 Å². The molecule has 0 N–H and O–H groups in total. The zero-order valence-electron chi connectivity index (χ0n) is 13.9. The van der Waals surface area contributed by atoms with E-state index in [1.165, 1.54) is 0 Å². The Balaban J connectivity index is 3.32. The average molecular weight is 375 g/mol. The fraction of sp³-hybridized carbons (Fsp3) is 0.643. The Bertz CT molecular complexity index is 611. The summed E-state index contributed by atoms with van der Waals surface area (Å²) in [7, 11) is 0. The monoisotopic (exact) mass is 375 g/mol. The van der Waals surface area contributed by atoms with Crippen molar-refractivity contribution in [3.63, 3.8) is 0 Å². The zero-order valence-corrected chi connectivity index (χ0v) is 14.7. The van der Waals surface area contributed by atoms with Crippen LogP contribution in [0.15, 0.2) is 0 Å². The van der Waals surface area contributed by atoms with E-state index in [2.05, 4.69) is 23.1 Å². The molecule has 0 amide bonds. The number of carbonyl (C=O) groups is 4. The fourth-order valence-electron chi connectivity index (χ4n) is 2.19. The van der Waals surface area contributed by atoms with Gasteiger partial charge in [-0.15, -0.1) is 0 Å². The summed E-state index contributed by atoms with van der Waals surface area (Å²) in [5, 5.41) is 0. The van der Waals surface area contributed by atoms with Gasteiger partial charge in [-0.1, -0.05) is 0 Å². The van der Waals surface area contributed by atoms with Crippen LogP contribution in [0.2, 0.25) is 0 Å². The van der Waals surface area contributed by atoms with Crippen molar-refractivity contribution in [2.45, 2.75) is 58.4 Å². The van der Waals surface area contributed by atoms with E-state index >= 15 is 0 Å². The lowest BCUT2D eigenvalue weighted by Crippen LogP contribution is -2.61. The Labute approximate surface area is 149 Å². The molecule has 0 unspecified atom stereocenters. The molecule has 10 nitrogen and oxygen atoms in total. The standard InChI is InChI=1S/C14H17NO9S/c1-6(16)20-11-10(5-15-25)24-14(23-9(4)19)13(22-8(3)18)12(11)21-7(2)17/h10-14H,1-4H3/t10-,11-,12+,13-,14+/m1/s1. The number of ether oxygens (including phenoxy) is 5. The van der Waals surface area contributed by atoms with Crippen LogP contribution in [0.1, 0.15) is 27.7 Å². The van der Waals surface area contributed by atoms with Crippen molar-refractivity contribution in [2.24, 2.45) is 0 Å². The van der Waals surface area contributed by atoms with Crippen LogP contribution < -0.4 is 0 Å². The Hall–Kier alpha value is -2.45. The van der Waals surface area contributed by atoms with Crippen molar-refractivity contribution in [1.82, 2.24) is 0 Å². The summed E-state index contributed by atoms with van der Waals surface area (Å²) in [5.41, 5.74) is 0. The second-order valence-corrected chi connectivity index (χ2v) is 5.16. The van der Waals surface area contributed by atoms with Gasteiger partial charge in [-0.05, 0) is 0 Å². The van der Waals surface area contributed by atoms with E-state index in [1.54, 1.807) is 0 Å². The normalized spacial score (nSPS) is 27.9. The van der Waals surface area contributed by atoms with Crippen LogP contribution in [0.25, 0.3) is 4.25 Å². The van der Waals surface area contributed by atoms with Crippen molar-refractivity contribution < 1.29 is 42.9 Å². The Kier molecular flexibility index (Phi) is 7.53. The smallest absolute Gasteiger partial charge is 0.305 e. The quantitative estimate of drug-likeness (QED) is 0.373. The number of carbonyl (C=O) groups excluding carboxylic acids is 4. The Morgan fingerprint density at radius 1 is 0.800 bits per heavy atom. The molecule has 0 radical (unpaired) electrons. The molecule has 25 heavy (non-hydrogen) atoms. The highest BCUT2D eigenvalue weighted by molar-refractivity contribution is 7.61. The molecule has 1 saturated heterocycles. The lowest BCUT2D eigenvalue weighted by Gasteiger charge is -2.40. The van der Waals surface area contributed by atoms with E-state index in [-0.39, 0.29) is 0 Å². The van der Waals surface area contributed by atoms with Crippen LogP contribution in [0.5, 0.6) is 0 Å². The van der Waals surface area contributed by atoms with E-state index < -0.39 is 54.6 Å². The van der Waals surface area contributed by atoms with E-state index in [9.17, 15) is 19.2 Å². The molecule has 0 aromatic heterocycles. The molecule has 1 rings (SSSR count). The second kappa shape index (κ2) is 9.14. The van der Waals surface area contributed by atoms with Gasteiger partial charge in [0, 0.05) is 27.7 Å². The van der Waals surface area contributed by atoms with E-state index in [1.807, 2.05) is 0 Å². The maximum absolute atomic E-state index is 11.5. The van der Waals surface area contributed by atoms with Gasteiger partial charge in [0.15, 0.2) is 12.2 Å². The molecule has 1 fully saturated rings. The van der Waals surface area contributed by atoms with Gasteiger partial charge >= 0.3 is 23.9 Å². The third kappa shape index (κ3) is 6.17. The van der Waals surface area contributed by atoms with Gasteiger partial charge in [0.2, 0.25) is 18.5 Å². The Morgan fingerprint density at radius 3 is 1.68 bits per heavy atom. The molecule has 5 atom stereocenters. The molecule has 0 saturated carbocycles. The molecule has 138 valence electrons. The van der Waals surface area contributed by atoms with Gasteiger partial charge in [-0.3, -0.25) is 32.0 Å². The predicted molar refractivity (Wildman–Crippen MR) is 81.7 cm³/mol. The van der Waals surface area contributed by atoms with Crippen LogP contribution in [0, 0.1) is 6.07 Å². The summed E-state index contributed by atoms with van der Waals surface area (Å²) in [5.74, 6) is -2.99. The molecular weight excluding hydrogens is 358 g/mol. The molecule has 1 aliphatic rings. The SMILES string of the molecule is CC(=O)O[C@H]1O[C@H](C#[N+][S-])[C@@H](OC(C)=O)[C@H](OC(C)=O)[C@H]1OC(C)=O. The van der Waals surface area contributed by atoms with Gasteiger partial charge in [0.05, 0.1) is 0 Å². The van der Waals surface area contributed by atoms with Gasteiger partial charge < -0.3 is 23.7 Å². The summed E-state index contributed by atoms with van der Waals surface area (Å²) >= 11 is 4.44. The van der Waals surface area contributed by atoms with Crippen molar-refractivity contribution in [2.75, 3.05) is 0 Å². The molecule has 1 aliphatic heterocycles. The molecular formula is C14H17NO9S. The zero-order chi connectivity index (χ0) is 19.1. The average Bonchev–Trinajstić information content (AvgIpc) is 2.45. The maximum atomic E-state index is 11.5. The van der Waals surface area contributed by atoms with Crippen molar-refractivity contribution >= 4 is 36.7 Å². The first-order valence-electron chi connectivity index (χ1n) is 7.08. The summed E-state index contributed by atoms with van der Waals surface area (Å²) in [6, 6.07) is 2.34. The molecule has 0 bridgehead atoms. The first-order valence-corrected chi connectivity index (χ1v) is 7.44. The minimum atomic E-state index is -1.45. The molecule has 0 aliphatic carbocycles. The number of nitrogens with zero attached hydrogens (tertiary/aromatic N) is 1. The summed E-state index contributed by atoms with van der Waals surface area (Å²) < 4.78 is 28.9. The number of hydrogen-bond acceptors (Lipinski definition) is 10. The molecule has 0 aromatic rings. The third-order valence-corrected chi connectivity index (χ3v) is 2.97. The topological polar surface area (TPSA) is 119 Å². The number of esters is 4. The maximum Gasteiger partial charge on any atom is 0.305 e.